The first-order valence-corrected chi connectivity index (χ1v) is 6.60. The SMILES string of the molecule is COC(=O)C1CCCN1C(=O)NC(=O)CC(C)(C)C(=O)O. The van der Waals surface area contributed by atoms with Gasteiger partial charge in [-0.3, -0.25) is 14.9 Å². The molecule has 3 amide bonds. The summed E-state index contributed by atoms with van der Waals surface area (Å²) >= 11 is 0. The molecule has 21 heavy (non-hydrogen) atoms. The molecule has 0 spiro atoms. The van der Waals surface area contributed by atoms with E-state index >= 15 is 0 Å². The summed E-state index contributed by atoms with van der Waals surface area (Å²) in [5, 5.41) is 11.1. The quantitative estimate of drug-likeness (QED) is 0.725. The maximum Gasteiger partial charge on any atom is 0.328 e. The van der Waals surface area contributed by atoms with Crippen LogP contribution in [0.15, 0.2) is 0 Å². The third-order valence-corrected chi connectivity index (χ3v) is 3.41. The van der Waals surface area contributed by atoms with E-state index in [1.807, 2.05) is 0 Å². The zero-order valence-electron chi connectivity index (χ0n) is 12.3. The van der Waals surface area contributed by atoms with Crippen molar-refractivity contribution in [2.24, 2.45) is 5.41 Å². The fourth-order valence-corrected chi connectivity index (χ4v) is 2.10. The number of nitrogens with zero attached hydrogens (tertiary/aromatic N) is 1. The van der Waals surface area contributed by atoms with Gasteiger partial charge in [-0.05, 0) is 26.7 Å². The molecule has 0 radical (unpaired) electrons. The number of hydrogen-bond donors (Lipinski definition) is 2. The summed E-state index contributed by atoms with van der Waals surface area (Å²) in [5.41, 5.74) is -1.27. The number of carboxylic acid groups (broad SMARTS) is 1. The van der Waals surface area contributed by atoms with Gasteiger partial charge < -0.3 is 14.7 Å². The number of urea groups is 1. The number of methoxy groups -OCH3 is 1. The standard InChI is InChI=1S/C13H20N2O6/c1-13(2,11(18)19)7-9(16)14-12(20)15-6-4-5-8(15)10(17)21-3/h8H,4-7H2,1-3H3,(H,18,19)(H,14,16,20). The van der Waals surface area contributed by atoms with Crippen molar-refractivity contribution in [3.05, 3.63) is 0 Å². The third-order valence-electron chi connectivity index (χ3n) is 3.41. The Balaban J connectivity index is 2.62. The van der Waals surface area contributed by atoms with Crippen LogP contribution in [0, 0.1) is 5.41 Å². The van der Waals surface area contributed by atoms with E-state index in [2.05, 4.69) is 10.1 Å². The van der Waals surface area contributed by atoms with E-state index in [4.69, 9.17) is 5.11 Å². The van der Waals surface area contributed by atoms with E-state index in [1.54, 1.807) is 0 Å². The van der Waals surface area contributed by atoms with Gasteiger partial charge in [0.25, 0.3) is 0 Å². The first kappa shape index (κ1) is 16.9. The van der Waals surface area contributed by atoms with Crippen LogP contribution in [-0.2, 0) is 19.1 Å². The maximum atomic E-state index is 12.0. The van der Waals surface area contributed by atoms with Gasteiger partial charge in [0.1, 0.15) is 6.04 Å². The first-order chi connectivity index (χ1) is 9.69. The molecular formula is C13H20N2O6. The predicted molar refractivity (Wildman–Crippen MR) is 71.3 cm³/mol. The summed E-state index contributed by atoms with van der Waals surface area (Å²) < 4.78 is 4.61. The van der Waals surface area contributed by atoms with Gasteiger partial charge in [0, 0.05) is 13.0 Å². The fraction of sp³-hybridized carbons (Fsp3) is 0.692. The van der Waals surface area contributed by atoms with E-state index < -0.39 is 35.3 Å². The van der Waals surface area contributed by atoms with Gasteiger partial charge in [-0.25, -0.2) is 9.59 Å². The lowest BCUT2D eigenvalue weighted by molar-refractivity contribution is -0.149. The monoisotopic (exact) mass is 300 g/mol. The Kier molecular flexibility index (Phi) is 5.28. The summed E-state index contributed by atoms with van der Waals surface area (Å²) in [6.45, 7) is 3.14. The lowest BCUT2D eigenvalue weighted by atomic mass is 9.89. The first-order valence-electron chi connectivity index (χ1n) is 6.60. The number of carboxylic acids is 1. The van der Waals surface area contributed by atoms with Gasteiger partial charge >= 0.3 is 18.0 Å². The minimum absolute atomic E-state index is 0.329. The fourth-order valence-electron chi connectivity index (χ4n) is 2.10. The molecule has 1 heterocycles. The van der Waals surface area contributed by atoms with Crippen molar-refractivity contribution in [2.75, 3.05) is 13.7 Å². The van der Waals surface area contributed by atoms with Crippen LogP contribution in [0.5, 0.6) is 0 Å². The second-order valence-corrected chi connectivity index (χ2v) is 5.59. The number of hydrogen-bond acceptors (Lipinski definition) is 5. The van der Waals surface area contributed by atoms with Crippen LogP contribution in [0.1, 0.15) is 33.1 Å². The molecule has 0 aromatic heterocycles. The van der Waals surface area contributed by atoms with Crippen LogP contribution in [-0.4, -0.2) is 53.6 Å². The lowest BCUT2D eigenvalue weighted by Gasteiger charge is -2.23. The molecule has 1 atom stereocenters. The van der Waals surface area contributed by atoms with Crippen molar-refractivity contribution >= 4 is 23.9 Å². The maximum absolute atomic E-state index is 12.0. The van der Waals surface area contributed by atoms with E-state index in [0.717, 1.165) is 0 Å². The molecule has 2 N–H and O–H groups in total. The Labute approximate surface area is 122 Å². The van der Waals surface area contributed by atoms with Crippen molar-refractivity contribution in [1.82, 2.24) is 10.2 Å². The molecule has 1 aliphatic heterocycles. The molecule has 8 heteroatoms. The second-order valence-electron chi connectivity index (χ2n) is 5.59. The summed E-state index contributed by atoms with van der Waals surface area (Å²) in [4.78, 5) is 47.4. The van der Waals surface area contributed by atoms with Crippen LogP contribution in [0.25, 0.3) is 0 Å². The average molecular weight is 300 g/mol. The van der Waals surface area contributed by atoms with Gasteiger partial charge in [-0.1, -0.05) is 0 Å². The third kappa shape index (κ3) is 4.17. The highest BCUT2D eigenvalue weighted by atomic mass is 16.5. The van der Waals surface area contributed by atoms with E-state index in [-0.39, 0.29) is 6.42 Å². The van der Waals surface area contributed by atoms with Crippen molar-refractivity contribution in [3.8, 4) is 0 Å². The van der Waals surface area contributed by atoms with Crippen LogP contribution in [0.3, 0.4) is 0 Å². The van der Waals surface area contributed by atoms with E-state index in [9.17, 15) is 19.2 Å². The second kappa shape index (κ2) is 6.55. The number of carbonyl (C=O) groups is 4. The molecule has 0 aromatic carbocycles. The highest BCUT2D eigenvalue weighted by Gasteiger charge is 2.36. The number of imide groups is 1. The van der Waals surface area contributed by atoms with Gasteiger partial charge in [0.2, 0.25) is 5.91 Å². The molecular weight excluding hydrogens is 280 g/mol. The highest BCUT2D eigenvalue weighted by molar-refractivity contribution is 5.97. The molecule has 0 saturated carbocycles. The Morgan fingerprint density at radius 1 is 1.33 bits per heavy atom. The number of rotatable bonds is 4. The summed E-state index contributed by atoms with van der Waals surface area (Å²) in [5.74, 6) is -2.34. The molecule has 118 valence electrons. The summed E-state index contributed by atoms with van der Waals surface area (Å²) in [6, 6.07) is -1.40. The summed E-state index contributed by atoms with van der Waals surface area (Å²) in [6.07, 6.45) is 0.793. The van der Waals surface area contributed by atoms with Crippen LogP contribution in [0.2, 0.25) is 0 Å². The van der Waals surface area contributed by atoms with Crippen LogP contribution >= 0.6 is 0 Å². The lowest BCUT2D eigenvalue weighted by Crippen LogP contribution is -2.49. The number of nitrogens with one attached hydrogen (secondary N) is 1. The summed E-state index contributed by atoms with van der Waals surface area (Å²) in [7, 11) is 1.23. The van der Waals surface area contributed by atoms with Gasteiger partial charge in [0.05, 0.1) is 12.5 Å². The van der Waals surface area contributed by atoms with Crippen molar-refractivity contribution in [3.63, 3.8) is 0 Å². The zero-order valence-corrected chi connectivity index (χ0v) is 12.3. The number of esters is 1. The Morgan fingerprint density at radius 3 is 2.48 bits per heavy atom. The predicted octanol–water partition coefficient (Wildman–Crippen LogP) is 0.361. The number of aliphatic carboxylic acids is 1. The smallest absolute Gasteiger partial charge is 0.328 e. The van der Waals surface area contributed by atoms with Gasteiger partial charge in [0.15, 0.2) is 0 Å². The highest BCUT2D eigenvalue weighted by Crippen LogP contribution is 2.21. The molecule has 0 bridgehead atoms. The molecule has 1 unspecified atom stereocenters. The molecule has 1 aliphatic rings. The topological polar surface area (TPSA) is 113 Å². The normalized spacial score (nSPS) is 18.2. The molecule has 0 aromatic rings. The largest absolute Gasteiger partial charge is 0.481 e. The molecule has 1 fully saturated rings. The number of carbonyl (C=O) groups excluding carboxylic acids is 3. The van der Waals surface area contributed by atoms with Gasteiger partial charge in [-0.15, -0.1) is 0 Å². The molecule has 0 aliphatic carbocycles. The average Bonchev–Trinajstić information content (AvgIpc) is 2.85. The molecule has 8 nitrogen and oxygen atoms in total. The minimum Gasteiger partial charge on any atom is -0.481 e. The van der Waals surface area contributed by atoms with Crippen molar-refractivity contribution < 1.29 is 29.0 Å². The van der Waals surface area contributed by atoms with Gasteiger partial charge in [-0.2, -0.15) is 0 Å². The number of ether oxygens (including phenoxy) is 1. The van der Waals surface area contributed by atoms with Crippen molar-refractivity contribution in [1.29, 1.82) is 0 Å². The van der Waals surface area contributed by atoms with E-state index in [1.165, 1.54) is 25.9 Å². The Hall–Kier alpha value is -2.12. The minimum atomic E-state index is -1.27. The van der Waals surface area contributed by atoms with Crippen LogP contribution < -0.4 is 5.32 Å². The molecule has 1 saturated heterocycles. The number of likely N-dealkylation sites (tertiary alicyclic amines) is 1. The molecule has 1 rings (SSSR count). The van der Waals surface area contributed by atoms with Crippen molar-refractivity contribution in [2.45, 2.75) is 39.2 Å². The van der Waals surface area contributed by atoms with E-state index in [0.29, 0.717) is 19.4 Å². The zero-order chi connectivity index (χ0) is 16.2. The van der Waals surface area contributed by atoms with Crippen LogP contribution in [0.4, 0.5) is 4.79 Å². The Bertz CT molecular complexity index is 460. The Morgan fingerprint density at radius 2 is 1.95 bits per heavy atom. The number of amides is 3.